The van der Waals surface area contributed by atoms with Gasteiger partial charge >= 0.3 is 0 Å². The van der Waals surface area contributed by atoms with Gasteiger partial charge in [-0.1, -0.05) is 29.8 Å². The smallest absolute Gasteiger partial charge is 0.255 e. The Hall–Kier alpha value is -2.12. The maximum atomic E-state index is 13.8. The summed E-state index contributed by atoms with van der Waals surface area (Å²) in [5.74, 6) is -1.42. The first-order valence-electron chi connectivity index (χ1n) is 7.89. The zero-order valence-corrected chi connectivity index (χ0v) is 16.3. The zero-order valence-electron chi connectivity index (χ0n) is 14.7. The number of nitrogens with one attached hydrogen (secondary N) is 1. The minimum atomic E-state index is -3.55. The van der Waals surface area contributed by atoms with Crippen molar-refractivity contribution >= 4 is 33.2 Å². The quantitative estimate of drug-likeness (QED) is 0.811. The van der Waals surface area contributed by atoms with Crippen LogP contribution < -0.4 is 9.62 Å². The number of halogens is 2. The molecule has 0 radical (unpaired) electrons. The number of benzene rings is 2. The fourth-order valence-electron chi connectivity index (χ4n) is 2.54. The summed E-state index contributed by atoms with van der Waals surface area (Å²) < 4.78 is 39.4. The average molecular weight is 399 g/mol. The van der Waals surface area contributed by atoms with Gasteiger partial charge in [0.1, 0.15) is 5.82 Å². The van der Waals surface area contributed by atoms with E-state index in [1.807, 2.05) is 19.9 Å². The van der Waals surface area contributed by atoms with Crippen LogP contribution in [0.4, 0.5) is 10.1 Å². The fourth-order valence-corrected chi connectivity index (χ4v) is 3.77. The van der Waals surface area contributed by atoms with Gasteiger partial charge in [0.15, 0.2) is 0 Å². The van der Waals surface area contributed by atoms with Crippen molar-refractivity contribution in [1.82, 2.24) is 5.32 Å². The molecule has 0 unspecified atom stereocenters. The highest BCUT2D eigenvalue weighted by Gasteiger charge is 2.21. The van der Waals surface area contributed by atoms with Gasteiger partial charge in [-0.15, -0.1) is 0 Å². The molecule has 0 fully saturated rings. The molecule has 2 aromatic rings. The highest BCUT2D eigenvalue weighted by atomic mass is 35.5. The second-order valence-corrected chi connectivity index (χ2v) is 8.22. The Bertz CT molecular complexity index is 912. The van der Waals surface area contributed by atoms with Crippen molar-refractivity contribution in [3.8, 4) is 0 Å². The first kappa shape index (κ1) is 20.2. The summed E-state index contributed by atoms with van der Waals surface area (Å²) in [4.78, 5) is 12.2. The van der Waals surface area contributed by atoms with Gasteiger partial charge in [0, 0.05) is 6.54 Å². The van der Waals surface area contributed by atoms with Crippen LogP contribution in [0.1, 0.15) is 21.5 Å². The molecule has 2 aromatic carbocycles. The van der Waals surface area contributed by atoms with Crippen molar-refractivity contribution in [2.75, 3.05) is 23.7 Å². The van der Waals surface area contributed by atoms with Crippen LogP contribution in [-0.2, 0) is 10.0 Å². The highest BCUT2D eigenvalue weighted by Crippen LogP contribution is 2.24. The van der Waals surface area contributed by atoms with E-state index in [0.29, 0.717) is 5.69 Å². The van der Waals surface area contributed by atoms with E-state index in [1.165, 1.54) is 16.4 Å². The maximum absolute atomic E-state index is 13.8. The Morgan fingerprint density at radius 3 is 2.46 bits per heavy atom. The summed E-state index contributed by atoms with van der Waals surface area (Å²) in [6, 6.07) is 9.33. The molecule has 0 saturated heterocycles. The van der Waals surface area contributed by atoms with E-state index >= 15 is 0 Å². The van der Waals surface area contributed by atoms with Crippen LogP contribution >= 0.6 is 11.6 Å². The molecule has 0 saturated carbocycles. The van der Waals surface area contributed by atoms with Crippen molar-refractivity contribution in [2.45, 2.75) is 13.8 Å². The van der Waals surface area contributed by atoms with E-state index in [0.717, 1.165) is 23.4 Å². The number of nitrogens with zero attached hydrogens (tertiary/aromatic N) is 1. The molecule has 0 aliphatic rings. The van der Waals surface area contributed by atoms with Crippen molar-refractivity contribution in [3.63, 3.8) is 0 Å². The second-order valence-electron chi connectivity index (χ2n) is 5.91. The molecule has 0 aliphatic carbocycles. The Kier molecular flexibility index (Phi) is 6.26. The number of anilines is 1. The number of carbonyl (C=O) groups is 1. The molecule has 2 rings (SSSR count). The Balaban J connectivity index is 2.17. The monoisotopic (exact) mass is 398 g/mol. The Labute approximate surface area is 157 Å². The number of hydrogen-bond donors (Lipinski definition) is 1. The van der Waals surface area contributed by atoms with Gasteiger partial charge in [0.25, 0.3) is 5.91 Å². The predicted octanol–water partition coefficient (Wildman–Crippen LogP) is 3.29. The van der Waals surface area contributed by atoms with Gasteiger partial charge in [-0.05, 0) is 43.2 Å². The van der Waals surface area contributed by atoms with Crippen LogP contribution in [0.25, 0.3) is 0 Å². The molecular formula is C18H20ClFN2O3S. The number of hydrogen-bond acceptors (Lipinski definition) is 3. The van der Waals surface area contributed by atoms with E-state index in [2.05, 4.69) is 5.32 Å². The van der Waals surface area contributed by atoms with E-state index in [-0.39, 0.29) is 23.7 Å². The molecule has 0 spiro atoms. The molecule has 8 heteroatoms. The lowest BCUT2D eigenvalue weighted by Gasteiger charge is -2.25. The number of carbonyl (C=O) groups excluding carboxylic acids is 1. The molecular weight excluding hydrogens is 379 g/mol. The lowest BCUT2D eigenvalue weighted by atomic mass is 10.1. The average Bonchev–Trinajstić information content (AvgIpc) is 2.53. The molecule has 140 valence electrons. The Morgan fingerprint density at radius 1 is 1.19 bits per heavy atom. The summed E-state index contributed by atoms with van der Waals surface area (Å²) >= 11 is 5.87. The topological polar surface area (TPSA) is 66.5 Å². The lowest BCUT2D eigenvalue weighted by Crippen LogP contribution is -2.38. The largest absolute Gasteiger partial charge is 0.350 e. The van der Waals surface area contributed by atoms with Gasteiger partial charge in [0.2, 0.25) is 10.0 Å². The summed E-state index contributed by atoms with van der Waals surface area (Å²) in [5.41, 5.74) is 2.08. The number of sulfonamides is 1. The molecule has 0 heterocycles. The van der Waals surface area contributed by atoms with Crippen LogP contribution in [0.2, 0.25) is 5.02 Å². The van der Waals surface area contributed by atoms with Crippen LogP contribution in [0.5, 0.6) is 0 Å². The highest BCUT2D eigenvalue weighted by molar-refractivity contribution is 7.92. The van der Waals surface area contributed by atoms with E-state index in [4.69, 9.17) is 11.6 Å². The summed E-state index contributed by atoms with van der Waals surface area (Å²) in [6.45, 7) is 3.74. The summed E-state index contributed by atoms with van der Waals surface area (Å²) in [5, 5.41) is 2.51. The first-order valence-corrected chi connectivity index (χ1v) is 10.1. The third-order valence-electron chi connectivity index (χ3n) is 4.04. The molecule has 0 aliphatic heterocycles. The van der Waals surface area contributed by atoms with E-state index < -0.39 is 21.7 Å². The molecule has 0 atom stereocenters. The fraction of sp³-hybridized carbons (Fsp3) is 0.278. The predicted molar refractivity (Wildman–Crippen MR) is 102 cm³/mol. The molecule has 5 nitrogen and oxygen atoms in total. The van der Waals surface area contributed by atoms with Crippen molar-refractivity contribution in [2.24, 2.45) is 0 Å². The van der Waals surface area contributed by atoms with Crippen molar-refractivity contribution in [3.05, 3.63) is 63.9 Å². The minimum Gasteiger partial charge on any atom is -0.350 e. The standard InChI is InChI=1S/C18H20ClFN2O3S/c1-12-6-4-9-16(13(12)2)22(26(3,24)25)11-10-21-18(23)17-14(19)7-5-8-15(17)20/h4-9H,10-11H2,1-3H3,(H,21,23). The normalized spacial score (nSPS) is 11.3. The molecule has 1 amide bonds. The molecule has 0 aromatic heterocycles. The number of rotatable bonds is 6. The summed E-state index contributed by atoms with van der Waals surface area (Å²) in [6.07, 6.45) is 1.10. The first-order chi connectivity index (χ1) is 12.1. The minimum absolute atomic E-state index is 0.00278. The SMILES string of the molecule is Cc1cccc(N(CCNC(=O)c2c(F)cccc2Cl)S(C)(=O)=O)c1C. The maximum Gasteiger partial charge on any atom is 0.255 e. The zero-order chi connectivity index (χ0) is 19.5. The van der Waals surface area contributed by atoms with Gasteiger partial charge < -0.3 is 5.32 Å². The number of aryl methyl sites for hydroxylation is 1. The summed E-state index contributed by atoms with van der Waals surface area (Å²) in [7, 11) is -3.55. The number of amides is 1. The molecule has 0 bridgehead atoms. The second kappa shape index (κ2) is 8.05. The molecule has 26 heavy (non-hydrogen) atoms. The van der Waals surface area contributed by atoms with Crippen LogP contribution in [0.3, 0.4) is 0 Å². The van der Waals surface area contributed by atoms with E-state index in [1.54, 1.807) is 12.1 Å². The van der Waals surface area contributed by atoms with Gasteiger partial charge in [-0.2, -0.15) is 0 Å². The van der Waals surface area contributed by atoms with Crippen LogP contribution in [0, 0.1) is 19.7 Å². The third kappa shape index (κ3) is 4.53. The van der Waals surface area contributed by atoms with Crippen molar-refractivity contribution < 1.29 is 17.6 Å². The third-order valence-corrected chi connectivity index (χ3v) is 5.53. The van der Waals surface area contributed by atoms with Crippen LogP contribution in [-0.4, -0.2) is 33.7 Å². The van der Waals surface area contributed by atoms with Gasteiger partial charge in [0.05, 0.1) is 29.1 Å². The Morgan fingerprint density at radius 2 is 1.85 bits per heavy atom. The van der Waals surface area contributed by atoms with E-state index in [9.17, 15) is 17.6 Å². The lowest BCUT2D eigenvalue weighted by molar-refractivity contribution is 0.0951. The van der Waals surface area contributed by atoms with Crippen LogP contribution in [0.15, 0.2) is 36.4 Å². The van der Waals surface area contributed by atoms with Crippen molar-refractivity contribution in [1.29, 1.82) is 0 Å². The van der Waals surface area contributed by atoms with Gasteiger partial charge in [-0.25, -0.2) is 12.8 Å². The van der Waals surface area contributed by atoms with Gasteiger partial charge in [-0.3, -0.25) is 9.10 Å². The molecule has 1 N–H and O–H groups in total.